The van der Waals surface area contributed by atoms with Crippen LogP contribution in [0.15, 0.2) is 29.1 Å². The number of nitrogens with one attached hydrogen (secondary N) is 1. The summed E-state index contributed by atoms with van der Waals surface area (Å²) in [4.78, 5) is 49.9. The lowest BCUT2D eigenvalue weighted by Crippen LogP contribution is -2.43. The van der Waals surface area contributed by atoms with E-state index in [4.69, 9.17) is 11.6 Å². The summed E-state index contributed by atoms with van der Waals surface area (Å²) in [5.74, 6) is -2.04. The summed E-state index contributed by atoms with van der Waals surface area (Å²) in [6.07, 6.45) is 5.18. The maximum atomic E-state index is 13.4. The minimum atomic E-state index is -1.17. The lowest BCUT2D eigenvalue weighted by atomic mass is 9.86. The van der Waals surface area contributed by atoms with E-state index in [2.05, 4.69) is 16.0 Å². The summed E-state index contributed by atoms with van der Waals surface area (Å²) in [6, 6.07) is 8.71. The highest BCUT2D eigenvalue weighted by atomic mass is 35.5. The Kier molecular flexibility index (Phi) is 6.24. The second kappa shape index (κ2) is 9.32. The van der Waals surface area contributed by atoms with E-state index in [-0.39, 0.29) is 29.6 Å². The lowest BCUT2D eigenvalue weighted by Gasteiger charge is -2.32. The molecule has 1 saturated heterocycles. The average molecular weight is 495 g/mol. The molecular weight excluding hydrogens is 472 g/mol. The van der Waals surface area contributed by atoms with E-state index in [1.807, 2.05) is 0 Å². The predicted octanol–water partition coefficient (Wildman–Crippen LogP) is 4.25. The van der Waals surface area contributed by atoms with Crippen molar-refractivity contribution in [3.05, 3.63) is 61.5 Å². The number of benzene rings is 1. The fourth-order valence-corrected chi connectivity index (χ4v) is 6.38. The number of Topliss-reactive ketones (excluding diaryl/α,β-unsaturated/α-hetero) is 1. The van der Waals surface area contributed by atoms with Crippen LogP contribution in [0.1, 0.15) is 58.2 Å². The van der Waals surface area contributed by atoms with Crippen LogP contribution < -0.4 is 5.56 Å². The topological polar surface area (TPSA) is 107 Å². The van der Waals surface area contributed by atoms with Crippen molar-refractivity contribution in [2.75, 3.05) is 13.1 Å². The molecule has 3 heterocycles. The molecule has 1 fully saturated rings. The highest BCUT2D eigenvalue weighted by Crippen LogP contribution is 2.34. The standard InChI is InChI=1S/C25H23ClN4O3S/c26-16-9-7-14(8-10-16)25(33)30-11-3-4-15(13-30)21(31)18(12-27)22-28-23(32)20-17-5-1-2-6-19(17)34-24(20)29-22/h7-10,15,18H,1-6,11,13H2,(H,28,29,32). The molecule has 34 heavy (non-hydrogen) atoms. The summed E-state index contributed by atoms with van der Waals surface area (Å²) in [6.45, 7) is 0.780. The summed E-state index contributed by atoms with van der Waals surface area (Å²) >= 11 is 7.41. The molecule has 2 aromatic heterocycles. The van der Waals surface area contributed by atoms with Gasteiger partial charge in [0.05, 0.1) is 11.5 Å². The summed E-state index contributed by atoms with van der Waals surface area (Å²) < 4.78 is 0. The quantitative estimate of drug-likeness (QED) is 0.583. The van der Waals surface area contributed by atoms with Gasteiger partial charge in [-0.1, -0.05) is 11.6 Å². The second-order valence-corrected chi connectivity index (χ2v) is 10.4. The molecule has 1 aromatic carbocycles. The van der Waals surface area contributed by atoms with Crippen LogP contribution in [0.25, 0.3) is 10.2 Å². The third-order valence-electron chi connectivity index (χ3n) is 6.73. The average Bonchev–Trinajstić information content (AvgIpc) is 3.23. The molecule has 1 aliphatic carbocycles. The van der Waals surface area contributed by atoms with Gasteiger partial charge in [-0.25, -0.2) is 4.98 Å². The van der Waals surface area contributed by atoms with Gasteiger partial charge in [0, 0.05) is 34.5 Å². The Morgan fingerprint density at radius 1 is 1.21 bits per heavy atom. The number of fused-ring (bicyclic) bond motifs is 3. The number of nitriles is 1. The fourth-order valence-electron chi connectivity index (χ4n) is 4.98. The number of rotatable bonds is 4. The molecule has 0 saturated carbocycles. The number of hydrogen-bond acceptors (Lipinski definition) is 6. The van der Waals surface area contributed by atoms with E-state index in [1.165, 1.54) is 16.2 Å². The molecule has 3 aromatic rings. The zero-order chi connectivity index (χ0) is 23.8. The number of aromatic nitrogens is 2. The number of ketones is 1. The van der Waals surface area contributed by atoms with Gasteiger partial charge >= 0.3 is 0 Å². The van der Waals surface area contributed by atoms with Crippen molar-refractivity contribution in [2.24, 2.45) is 5.92 Å². The smallest absolute Gasteiger partial charge is 0.259 e. The van der Waals surface area contributed by atoms with Crippen LogP contribution in [0, 0.1) is 17.2 Å². The van der Waals surface area contributed by atoms with E-state index in [0.29, 0.717) is 40.2 Å². The molecule has 1 aliphatic heterocycles. The van der Waals surface area contributed by atoms with Crippen LogP contribution in [0.5, 0.6) is 0 Å². The van der Waals surface area contributed by atoms with Crippen LogP contribution in [-0.4, -0.2) is 39.6 Å². The molecular formula is C25H23ClN4O3S. The number of halogens is 1. The normalized spacial score (nSPS) is 18.8. The monoisotopic (exact) mass is 494 g/mol. The van der Waals surface area contributed by atoms with Crippen LogP contribution in [0.3, 0.4) is 0 Å². The number of piperidine rings is 1. The number of carbonyl (C=O) groups excluding carboxylic acids is 2. The van der Waals surface area contributed by atoms with E-state index >= 15 is 0 Å². The summed E-state index contributed by atoms with van der Waals surface area (Å²) in [7, 11) is 0. The molecule has 0 spiro atoms. The molecule has 7 nitrogen and oxygen atoms in total. The van der Waals surface area contributed by atoms with Crippen molar-refractivity contribution in [2.45, 2.75) is 44.4 Å². The van der Waals surface area contributed by atoms with Gasteiger partial charge in [0.2, 0.25) is 0 Å². The highest BCUT2D eigenvalue weighted by molar-refractivity contribution is 7.18. The van der Waals surface area contributed by atoms with Gasteiger partial charge in [0.25, 0.3) is 11.5 Å². The molecule has 2 atom stereocenters. The minimum absolute atomic E-state index is 0.102. The SMILES string of the molecule is N#CC(C(=O)C1CCCN(C(=O)c2ccc(Cl)cc2)C1)c1nc2sc3c(c2c(=O)[nH]1)CCCC3. The van der Waals surface area contributed by atoms with Gasteiger partial charge in [-0.3, -0.25) is 14.4 Å². The van der Waals surface area contributed by atoms with Crippen molar-refractivity contribution >= 4 is 44.8 Å². The van der Waals surface area contributed by atoms with Gasteiger partial charge in [0.1, 0.15) is 10.7 Å². The number of carbonyl (C=O) groups is 2. The molecule has 9 heteroatoms. The Morgan fingerprint density at radius 3 is 2.74 bits per heavy atom. The Balaban J connectivity index is 1.39. The second-order valence-electron chi connectivity index (χ2n) is 8.90. The van der Waals surface area contributed by atoms with Gasteiger partial charge in [0.15, 0.2) is 11.7 Å². The van der Waals surface area contributed by atoms with Crippen molar-refractivity contribution in [1.29, 1.82) is 5.26 Å². The Hall–Kier alpha value is -3.02. The summed E-state index contributed by atoms with van der Waals surface area (Å²) in [5, 5.41) is 11.0. The van der Waals surface area contributed by atoms with Gasteiger partial charge in [-0.05, 0) is 68.4 Å². The van der Waals surface area contributed by atoms with E-state index in [9.17, 15) is 19.6 Å². The highest BCUT2D eigenvalue weighted by Gasteiger charge is 2.35. The van der Waals surface area contributed by atoms with Crippen LogP contribution >= 0.6 is 22.9 Å². The first-order chi connectivity index (χ1) is 16.5. The fraction of sp³-hybridized carbons (Fsp3) is 0.400. The first-order valence-electron chi connectivity index (χ1n) is 11.5. The number of nitrogens with zero attached hydrogens (tertiary/aromatic N) is 3. The number of amides is 1. The largest absolute Gasteiger partial charge is 0.338 e. The number of aryl methyl sites for hydroxylation is 2. The van der Waals surface area contributed by atoms with Gasteiger partial charge < -0.3 is 9.88 Å². The maximum Gasteiger partial charge on any atom is 0.259 e. The van der Waals surface area contributed by atoms with Gasteiger partial charge in [-0.15, -0.1) is 11.3 Å². The minimum Gasteiger partial charge on any atom is -0.338 e. The Morgan fingerprint density at radius 2 is 1.97 bits per heavy atom. The van der Waals surface area contributed by atoms with Crippen LogP contribution in [0.4, 0.5) is 0 Å². The molecule has 0 bridgehead atoms. The number of H-pyrrole nitrogens is 1. The van der Waals surface area contributed by atoms with E-state index < -0.39 is 11.8 Å². The molecule has 174 valence electrons. The lowest BCUT2D eigenvalue weighted by molar-refractivity contribution is -0.124. The molecule has 1 amide bonds. The van der Waals surface area contributed by atoms with E-state index in [1.54, 1.807) is 29.2 Å². The molecule has 5 rings (SSSR count). The van der Waals surface area contributed by atoms with Crippen LogP contribution in [-0.2, 0) is 17.6 Å². The first kappa shape index (κ1) is 22.8. The molecule has 2 aliphatic rings. The number of thiophene rings is 1. The first-order valence-corrected chi connectivity index (χ1v) is 12.7. The number of aromatic amines is 1. The third-order valence-corrected chi connectivity index (χ3v) is 8.17. The van der Waals surface area contributed by atoms with Crippen molar-refractivity contribution in [3.8, 4) is 6.07 Å². The third kappa shape index (κ3) is 4.15. The van der Waals surface area contributed by atoms with E-state index in [0.717, 1.165) is 31.2 Å². The zero-order valence-corrected chi connectivity index (χ0v) is 20.0. The zero-order valence-electron chi connectivity index (χ0n) is 18.5. The number of hydrogen-bond donors (Lipinski definition) is 1. The Labute approximate surface area is 205 Å². The predicted molar refractivity (Wildman–Crippen MR) is 130 cm³/mol. The van der Waals surface area contributed by atoms with Gasteiger partial charge in [-0.2, -0.15) is 5.26 Å². The Bertz CT molecular complexity index is 1370. The van der Waals surface area contributed by atoms with Crippen molar-refractivity contribution < 1.29 is 9.59 Å². The van der Waals surface area contributed by atoms with Crippen LogP contribution in [0.2, 0.25) is 5.02 Å². The molecule has 1 N–H and O–H groups in total. The molecule has 2 unspecified atom stereocenters. The maximum absolute atomic E-state index is 13.4. The number of likely N-dealkylation sites (tertiary alicyclic amines) is 1. The summed E-state index contributed by atoms with van der Waals surface area (Å²) in [5.41, 5.74) is 1.29. The van der Waals surface area contributed by atoms with Crippen molar-refractivity contribution in [1.82, 2.24) is 14.9 Å². The van der Waals surface area contributed by atoms with Crippen molar-refractivity contribution in [3.63, 3.8) is 0 Å². The molecule has 0 radical (unpaired) electrons.